The van der Waals surface area contributed by atoms with Crippen LogP contribution in [0.5, 0.6) is 0 Å². The van der Waals surface area contributed by atoms with Gasteiger partial charge in [-0.1, -0.05) is 0 Å². The molecule has 0 atom stereocenters. The second-order valence-corrected chi connectivity index (χ2v) is 2.89. The first-order chi connectivity index (χ1) is 7.50. The third-order valence-corrected chi connectivity index (χ3v) is 1.67. The van der Waals surface area contributed by atoms with Gasteiger partial charge in [0.2, 0.25) is 0 Å². The van der Waals surface area contributed by atoms with Gasteiger partial charge in [-0.05, 0) is 0 Å². The minimum atomic E-state index is 0. The van der Waals surface area contributed by atoms with Gasteiger partial charge in [0.1, 0.15) is 0 Å². The van der Waals surface area contributed by atoms with Crippen LogP contribution in [-0.2, 0) is 0 Å². The van der Waals surface area contributed by atoms with Crippen LogP contribution < -0.4 is 0 Å². The normalized spacial score (nSPS) is 7.50. The summed E-state index contributed by atoms with van der Waals surface area (Å²) in [5.41, 5.74) is 0. The van der Waals surface area contributed by atoms with Crippen molar-refractivity contribution in [3.05, 3.63) is 91.0 Å². The summed E-state index contributed by atoms with van der Waals surface area (Å²) in [7, 11) is 0. The molecule has 0 N–H and O–H groups in total. The monoisotopic (exact) mass is 431 g/mol. The molecule has 0 heterocycles. The van der Waals surface area contributed by atoms with E-state index in [4.69, 9.17) is 0 Å². The molecule has 0 aliphatic rings. The van der Waals surface area contributed by atoms with Crippen LogP contribution in [0.3, 0.4) is 0 Å². The molecule has 0 saturated carbocycles. The van der Waals surface area contributed by atoms with Gasteiger partial charge in [-0.25, -0.2) is 36.4 Å². The van der Waals surface area contributed by atoms with E-state index in [1.54, 1.807) is 0 Å². The van der Waals surface area contributed by atoms with E-state index in [0.29, 0.717) is 0 Å². The Morgan fingerprint density at radius 1 is 0.375 bits per heavy atom. The SMILES string of the molecule is [Np].c1cc[cH-]c1.c1cc[cH-]c1.c1cc[cH-]c1. The van der Waals surface area contributed by atoms with Crippen molar-refractivity contribution in [1.29, 1.82) is 0 Å². The zero-order chi connectivity index (χ0) is 10.6. The van der Waals surface area contributed by atoms with Crippen LogP contribution in [0.1, 0.15) is 0 Å². The van der Waals surface area contributed by atoms with Crippen molar-refractivity contribution in [1.82, 2.24) is 0 Å². The molecule has 0 spiro atoms. The molecule has 3 rings (SSSR count). The van der Waals surface area contributed by atoms with Crippen molar-refractivity contribution in [2.24, 2.45) is 0 Å². The maximum Gasteiger partial charge on any atom is 0 e. The third-order valence-electron chi connectivity index (χ3n) is 1.67. The molecule has 0 aliphatic heterocycles. The summed E-state index contributed by atoms with van der Waals surface area (Å²) >= 11 is 0. The molecule has 0 aromatic heterocycles. The second kappa shape index (κ2) is 12.1. The molecule has 3 aromatic rings. The summed E-state index contributed by atoms with van der Waals surface area (Å²) in [5.74, 6) is 0. The zero-order valence-electron chi connectivity index (χ0n) is 9.11. The predicted molar refractivity (Wildman–Crippen MR) is 66.1 cm³/mol. The predicted octanol–water partition coefficient (Wildman–Crippen LogP) is 4.22. The van der Waals surface area contributed by atoms with Crippen LogP contribution in [0.25, 0.3) is 0 Å². The Labute approximate surface area is 120 Å². The fourth-order valence-corrected chi connectivity index (χ4v) is 0.962. The average molecular weight is 432 g/mol. The van der Waals surface area contributed by atoms with E-state index in [9.17, 15) is 0 Å². The fraction of sp³-hybridized carbons (Fsp3) is 0. The number of hydrogen-bond acceptors (Lipinski definition) is 0. The van der Waals surface area contributed by atoms with Crippen molar-refractivity contribution in [3.8, 4) is 0 Å². The maximum absolute atomic E-state index is 2.00. The van der Waals surface area contributed by atoms with Gasteiger partial charge < -0.3 is 0 Å². The molecular weight excluding hydrogens is 417 g/mol. The Balaban J connectivity index is 0.000000205. The third kappa shape index (κ3) is 9.61. The average Bonchev–Trinajstić information content (AvgIpc) is 3.09. The van der Waals surface area contributed by atoms with Crippen LogP contribution in [0.2, 0.25) is 0 Å². The van der Waals surface area contributed by atoms with Gasteiger partial charge in [0, 0.05) is 29.9 Å². The van der Waals surface area contributed by atoms with Crippen LogP contribution >= 0.6 is 0 Å². The standard InChI is InChI=1S/3C5H5.Np/c3*1-2-4-5-3-1;/h3*1-5H;/q3*-1;. The summed E-state index contributed by atoms with van der Waals surface area (Å²) in [4.78, 5) is 0. The van der Waals surface area contributed by atoms with E-state index in [1.165, 1.54) is 0 Å². The summed E-state index contributed by atoms with van der Waals surface area (Å²) < 4.78 is 0. The molecule has 0 unspecified atom stereocenters. The Morgan fingerprint density at radius 3 is 0.625 bits per heavy atom. The van der Waals surface area contributed by atoms with Crippen molar-refractivity contribution < 1.29 is 29.9 Å². The molecule has 0 saturated heterocycles. The van der Waals surface area contributed by atoms with Crippen LogP contribution in [0.4, 0.5) is 0 Å². The van der Waals surface area contributed by atoms with Gasteiger partial charge in [0.25, 0.3) is 0 Å². The number of hydrogen-bond donors (Lipinski definition) is 0. The Hall–Kier alpha value is -0.937. The van der Waals surface area contributed by atoms with Gasteiger partial charge in [-0.15, -0.1) is 0 Å². The Morgan fingerprint density at radius 2 is 0.562 bits per heavy atom. The fourth-order valence-electron chi connectivity index (χ4n) is 0.962. The zero-order valence-corrected chi connectivity index (χ0v) is 12.8. The molecule has 0 nitrogen and oxygen atoms in total. The first-order valence-electron chi connectivity index (χ1n) is 5.00. The molecule has 0 fully saturated rings. The van der Waals surface area contributed by atoms with Crippen molar-refractivity contribution in [2.45, 2.75) is 0 Å². The van der Waals surface area contributed by atoms with E-state index in [1.807, 2.05) is 91.0 Å². The van der Waals surface area contributed by atoms with E-state index in [-0.39, 0.29) is 29.9 Å². The first-order valence-corrected chi connectivity index (χ1v) is 5.00. The molecule has 83 valence electrons. The molecule has 1 heteroatoms. The molecular formula is C15H15Np-3. The van der Waals surface area contributed by atoms with E-state index in [0.717, 1.165) is 0 Å². The maximum atomic E-state index is 2.00. The molecule has 0 bridgehead atoms. The van der Waals surface area contributed by atoms with Crippen LogP contribution in [-0.4, -0.2) is 0 Å². The van der Waals surface area contributed by atoms with E-state index in [2.05, 4.69) is 0 Å². The largest absolute Gasteiger partial charge is 0.214 e. The van der Waals surface area contributed by atoms with Gasteiger partial charge in [-0.2, -0.15) is 54.6 Å². The van der Waals surface area contributed by atoms with E-state index < -0.39 is 0 Å². The summed E-state index contributed by atoms with van der Waals surface area (Å²) in [6.45, 7) is 0. The second-order valence-electron chi connectivity index (χ2n) is 2.89. The van der Waals surface area contributed by atoms with Crippen molar-refractivity contribution in [2.75, 3.05) is 0 Å². The molecule has 1 radical (unpaired) electrons. The minimum Gasteiger partial charge on any atom is -0.214 e. The summed E-state index contributed by atoms with van der Waals surface area (Å²) in [6.07, 6.45) is 0. The Kier molecular flexibility index (Phi) is 11.4. The van der Waals surface area contributed by atoms with Gasteiger partial charge >= 0.3 is 0 Å². The van der Waals surface area contributed by atoms with E-state index >= 15 is 0 Å². The van der Waals surface area contributed by atoms with Gasteiger partial charge in [0.15, 0.2) is 0 Å². The number of rotatable bonds is 0. The molecule has 0 amide bonds. The van der Waals surface area contributed by atoms with Gasteiger partial charge in [-0.3, -0.25) is 0 Å². The summed E-state index contributed by atoms with van der Waals surface area (Å²) in [6, 6.07) is 30.0. The van der Waals surface area contributed by atoms with Crippen LogP contribution in [0.15, 0.2) is 91.0 Å². The first kappa shape index (κ1) is 15.1. The topological polar surface area (TPSA) is 0 Å². The Bertz CT molecular complexity index is 237. The van der Waals surface area contributed by atoms with Crippen LogP contribution in [0, 0.1) is 29.9 Å². The molecule has 0 aliphatic carbocycles. The quantitative estimate of drug-likeness (QED) is 0.467. The van der Waals surface area contributed by atoms with Gasteiger partial charge in [0.05, 0.1) is 0 Å². The molecule has 3 aromatic carbocycles. The smallest absolute Gasteiger partial charge is 0 e. The molecule has 16 heavy (non-hydrogen) atoms. The summed E-state index contributed by atoms with van der Waals surface area (Å²) in [5, 5.41) is 0. The van der Waals surface area contributed by atoms with Crippen molar-refractivity contribution >= 4 is 0 Å². The van der Waals surface area contributed by atoms with Crippen molar-refractivity contribution in [3.63, 3.8) is 0 Å². The minimum absolute atomic E-state index is 0.